The minimum absolute atomic E-state index is 0.200. The van der Waals surface area contributed by atoms with E-state index in [-0.39, 0.29) is 5.91 Å². The summed E-state index contributed by atoms with van der Waals surface area (Å²) < 4.78 is 5.34. The SMILES string of the molecule is O=C(CN1CCN(c2nccc(-c3ccc4ccccc4c3)n2)CC1)N1CCOCC1. The summed E-state index contributed by atoms with van der Waals surface area (Å²) in [7, 11) is 0. The molecule has 0 unspecified atom stereocenters. The maximum absolute atomic E-state index is 12.5. The van der Waals surface area contributed by atoms with Crippen molar-refractivity contribution in [2.45, 2.75) is 0 Å². The van der Waals surface area contributed by atoms with Crippen molar-refractivity contribution in [2.24, 2.45) is 0 Å². The summed E-state index contributed by atoms with van der Waals surface area (Å²) in [5, 5.41) is 2.43. The van der Waals surface area contributed by atoms with E-state index < -0.39 is 0 Å². The molecule has 7 heteroatoms. The molecule has 1 aromatic heterocycles. The molecule has 0 saturated carbocycles. The van der Waals surface area contributed by atoms with Gasteiger partial charge in [-0.1, -0.05) is 36.4 Å². The number of benzene rings is 2. The van der Waals surface area contributed by atoms with Crippen LogP contribution in [0.4, 0.5) is 5.95 Å². The number of hydrogen-bond acceptors (Lipinski definition) is 6. The molecule has 0 aliphatic carbocycles. The maximum Gasteiger partial charge on any atom is 0.236 e. The molecule has 31 heavy (non-hydrogen) atoms. The van der Waals surface area contributed by atoms with E-state index in [2.05, 4.69) is 57.2 Å². The van der Waals surface area contributed by atoms with Crippen molar-refractivity contribution >= 4 is 22.6 Å². The number of ether oxygens (including phenoxy) is 1. The lowest BCUT2D eigenvalue weighted by molar-refractivity contribution is -0.136. The van der Waals surface area contributed by atoms with Crippen LogP contribution in [0.1, 0.15) is 0 Å². The van der Waals surface area contributed by atoms with Gasteiger partial charge in [0.2, 0.25) is 11.9 Å². The van der Waals surface area contributed by atoms with Crippen LogP contribution in [0.3, 0.4) is 0 Å². The molecule has 5 rings (SSSR count). The number of fused-ring (bicyclic) bond motifs is 1. The lowest BCUT2D eigenvalue weighted by Crippen LogP contribution is -2.51. The van der Waals surface area contributed by atoms with Crippen LogP contribution in [-0.2, 0) is 9.53 Å². The van der Waals surface area contributed by atoms with E-state index in [1.807, 2.05) is 17.2 Å². The summed E-state index contributed by atoms with van der Waals surface area (Å²) in [6, 6.07) is 16.7. The highest BCUT2D eigenvalue weighted by atomic mass is 16.5. The Hall–Kier alpha value is -3.03. The topological polar surface area (TPSA) is 61.8 Å². The van der Waals surface area contributed by atoms with Crippen molar-refractivity contribution in [1.29, 1.82) is 0 Å². The third kappa shape index (κ3) is 4.52. The molecule has 0 bridgehead atoms. The van der Waals surface area contributed by atoms with E-state index in [1.54, 1.807) is 0 Å². The van der Waals surface area contributed by atoms with Crippen molar-refractivity contribution in [1.82, 2.24) is 19.8 Å². The Bertz CT molecular complexity index is 1060. The van der Waals surface area contributed by atoms with Gasteiger partial charge < -0.3 is 14.5 Å². The molecule has 3 heterocycles. The molecule has 2 aliphatic heterocycles. The van der Waals surface area contributed by atoms with Crippen molar-refractivity contribution < 1.29 is 9.53 Å². The zero-order valence-corrected chi connectivity index (χ0v) is 17.6. The predicted molar refractivity (Wildman–Crippen MR) is 121 cm³/mol. The van der Waals surface area contributed by atoms with Gasteiger partial charge in [0.25, 0.3) is 0 Å². The first kappa shape index (κ1) is 19.9. The van der Waals surface area contributed by atoms with Crippen LogP contribution < -0.4 is 4.90 Å². The maximum atomic E-state index is 12.5. The molecular weight excluding hydrogens is 390 g/mol. The number of rotatable bonds is 4. The smallest absolute Gasteiger partial charge is 0.236 e. The van der Waals surface area contributed by atoms with Crippen molar-refractivity contribution in [2.75, 3.05) is 63.9 Å². The highest BCUT2D eigenvalue weighted by Gasteiger charge is 2.24. The van der Waals surface area contributed by atoms with E-state index in [0.29, 0.717) is 32.8 Å². The monoisotopic (exact) mass is 417 g/mol. The second kappa shape index (κ2) is 8.99. The van der Waals surface area contributed by atoms with Gasteiger partial charge in [-0.15, -0.1) is 0 Å². The molecule has 2 saturated heterocycles. The van der Waals surface area contributed by atoms with Crippen LogP contribution in [0.2, 0.25) is 0 Å². The average Bonchev–Trinajstić information content (AvgIpc) is 2.85. The van der Waals surface area contributed by atoms with Gasteiger partial charge in [0.1, 0.15) is 0 Å². The fourth-order valence-corrected chi connectivity index (χ4v) is 4.22. The molecule has 160 valence electrons. The van der Waals surface area contributed by atoms with Crippen molar-refractivity contribution in [3.63, 3.8) is 0 Å². The molecule has 2 fully saturated rings. The summed E-state index contributed by atoms with van der Waals surface area (Å²) in [6.45, 7) is 6.47. The van der Waals surface area contributed by atoms with Gasteiger partial charge in [0, 0.05) is 51.0 Å². The van der Waals surface area contributed by atoms with Crippen LogP contribution >= 0.6 is 0 Å². The Kier molecular flexibility index (Phi) is 5.78. The van der Waals surface area contributed by atoms with Gasteiger partial charge in [-0.3, -0.25) is 9.69 Å². The van der Waals surface area contributed by atoms with Crippen LogP contribution in [0.25, 0.3) is 22.0 Å². The van der Waals surface area contributed by atoms with Gasteiger partial charge >= 0.3 is 0 Å². The van der Waals surface area contributed by atoms with E-state index in [1.165, 1.54) is 10.8 Å². The molecule has 3 aromatic rings. The normalized spacial score (nSPS) is 17.8. The molecule has 2 aliphatic rings. The lowest BCUT2D eigenvalue weighted by atomic mass is 10.1. The minimum Gasteiger partial charge on any atom is -0.378 e. The Morgan fingerprint density at radius 3 is 2.48 bits per heavy atom. The van der Waals surface area contributed by atoms with Gasteiger partial charge in [-0.2, -0.15) is 0 Å². The first-order chi connectivity index (χ1) is 15.3. The number of morpholine rings is 1. The highest BCUT2D eigenvalue weighted by molar-refractivity contribution is 5.86. The molecule has 0 atom stereocenters. The minimum atomic E-state index is 0.200. The summed E-state index contributed by atoms with van der Waals surface area (Å²) in [5.74, 6) is 0.955. The fraction of sp³-hybridized carbons (Fsp3) is 0.375. The highest BCUT2D eigenvalue weighted by Crippen LogP contribution is 2.24. The standard InChI is InChI=1S/C24H27N5O2/c30-23(28-13-15-31-16-14-28)18-27-9-11-29(12-10-27)24-25-8-7-22(26-24)21-6-5-19-3-1-2-4-20(19)17-21/h1-8,17H,9-16,18H2. The summed E-state index contributed by atoms with van der Waals surface area (Å²) in [4.78, 5) is 28.2. The number of piperazine rings is 1. The quantitative estimate of drug-likeness (QED) is 0.649. The Balaban J connectivity index is 1.23. The van der Waals surface area contributed by atoms with E-state index in [9.17, 15) is 4.79 Å². The fourth-order valence-electron chi connectivity index (χ4n) is 4.22. The number of amides is 1. The van der Waals surface area contributed by atoms with Crippen LogP contribution in [0, 0.1) is 0 Å². The first-order valence-electron chi connectivity index (χ1n) is 10.9. The third-order valence-corrected chi connectivity index (χ3v) is 6.07. The second-order valence-corrected chi connectivity index (χ2v) is 8.06. The number of carbonyl (C=O) groups excluding carboxylic acids is 1. The number of aromatic nitrogens is 2. The number of nitrogens with zero attached hydrogens (tertiary/aromatic N) is 5. The molecule has 0 radical (unpaired) electrons. The number of anilines is 1. The molecule has 2 aromatic carbocycles. The second-order valence-electron chi connectivity index (χ2n) is 8.06. The summed E-state index contributed by atoms with van der Waals surface area (Å²) in [6.07, 6.45) is 1.83. The van der Waals surface area contributed by atoms with Crippen LogP contribution in [-0.4, -0.2) is 84.7 Å². The van der Waals surface area contributed by atoms with Gasteiger partial charge in [-0.25, -0.2) is 9.97 Å². The van der Waals surface area contributed by atoms with Crippen molar-refractivity contribution in [3.8, 4) is 11.3 Å². The molecule has 1 amide bonds. The Morgan fingerprint density at radius 2 is 1.68 bits per heavy atom. The molecule has 0 N–H and O–H groups in total. The Morgan fingerprint density at radius 1 is 0.903 bits per heavy atom. The lowest BCUT2D eigenvalue weighted by Gasteiger charge is -2.36. The predicted octanol–water partition coefficient (Wildman–Crippen LogP) is 2.28. The first-order valence-corrected chi connectivity index (χ1v) is 10.9. The van der Waals surface area contributed by atoms with E-state index in [0.717, 1.165) is 43.4 Å². The van der Waals surface area contributed by atoms with E-state index in [4.69, 9.17) is 9.72 Å². The van der Waals surface area contributed by atoms with Crippen LogP contribution in [0.5, 0.6) is 0 Å². The van der Waals surface area contributed by atoms with Gasteiger partial charge in [0.15, 0.2) is 0 Å². The van der Waals surface area contributed by atoms with Gasteiger partial charge in [-0.05, 0) is 22.9 Å². The zero-order chi connectivity index (χ0) is 21.0. The number of carbonyl (C=O) groups is 1. The molecule has 0 spiro atoms. The van der Waals surface area contributed by atoms with E-state index >= 15 is 0 Å². The average molecular weight is 418 g/mol. The summed E-state index contributed by atoms with van der Waals surface area (Å²) >= 11 is 0. The Labute approximate surface area is 182 Å². The third-order valence-electron chi connectivity index (χ3n) is 6.07. The number of hydrogen-bond donors (Lipinski definition) is 0. The largest absolute Gasteiger partial charge is 0.378 e. The van der Waals surface area contributed by atoms with Crippen molar-refractivity contribution in [3.05, 3.63) is 54.7 Å². The summed E-state index contributed by atoms with van der Waals surface area (Å²) in [5.41, 5.74) is 2.03. The molecular formula is C24H27N5O2. The van der Waals surface area contributed by atoms with Gasteiger partial charge in [0.05, 0.1) is 25.5 Å². The van der Waals surface area contributed by atoms with Crippen LogP contribution in [0.15, 0.2) is 54.7 Å². The zero-order valence-electron chi connectivity index (χ0n) is 17.6. The molecule has 7 nitrogen and oxygen atoms in total.